The van der Waals surface area contributed by atoms with E-state index in [0.29, 0.717) is 18.7 Å². The summed E-state index contributed by atoms with van der Waals surface area (Å²) in [5.74, 6) is -0.597. The van der Waals surface area contributed by atoms with Crippen molar-refractivity contribution in [1.82, 2.24) is 4.90 Å². The number of nitrogens with zero attached hydrogens (tertiary/aromatic N) is 1. The van der Waals surface area contributed by atoms with Gasteiger partial charge in [-0.1, -0.05) is 0 Å². The van der Waals surface area contributed by atoms with Gasteiger partial charge in [0.05, 0.1) is 33.0 Å². The summed E-state index contributed by atoms with van der Waals surface area (Å²) in [6.45, 7) is 3.01. The first kappa shape index (κ1) is 15.9. The van der Waals surface area contributed by atoms with E-state index in [1.54, 1.807) is 6.07 Å². The van der Waals surface area contributed by atoms with Gasteiger partial charge in [0.1, 0.15) is 0 Å². The van der Waals surface area contributed by atoms with Gasteiger partial charge in [0.2, 0.25) is 0 Å². The summed E-state index contributed by atoms with van der Waals surface area (Å²) in [6, 6.07) is 4.27. The van der Waals surface area contributed by atoms with Gasteiger partial charge < -0.3 is 14.6 Å². The second-order valence-corrected chi connectivity index (χ2v) is 5.19. The van der Waals surface area contributed by atoms with Crippen LogP contribution in [0.3, 0.4) is 0 Å². The molecule has 1 fully saturated rings. The first-order valence-corrected chi connectivity index (χ1v) is 6.88. The molecule has 0 aliphatic carbocycles. The Balaban J connectivity index is 2.04. The maximum Gasteiger partial charge on any atom is 0.176 e. The molecule has 0 spiro atoms. The molecule has 1 saturated heterocycles. The van der Waals surface area contributed by atoms with Gasteiger partial charge >= 0.3 is 0 Å². The Morgan fingerprint density at radius 1 is 1.57 bits per heavy atom. The lowest BCUT2D eigenvalue weighted by atomic mass is 10.1. The third-order valence-corrected chi connectivity index (χ3v) is 3.66. The van der Waals surface area contributed by atoms with Gasteiger partial charge in [-0.25, -0.2) is 4.39 Å². The summed E-state index contributed by atoms with van der Waals surface area (Å²) in [5, 5.41) is 9.14. The molecule has 0 aromatic heterocycles. The van der Waals surface area contributed by atoms with Crippen molar-refractivity contribution in [2.75, 3.05) is 33.4 Å². The van der Waals surface area contributed by atoms with Crippen LogP contribution in [0.25, 0.3) is 0 Å². The molecule has 116 valence electrons. The molecule has 1 aliphatic heterocycles. The Hall–Kier alpha value is -1.50. The first-order valence-electron chi connectivity index (χ1n) is 6.88. The fourth-order valence-electron chi connectivity index (χ4n) is 2.32. The number of carbonyl (C=O) groups excluding carboxylic acids is 1. The second-order valence-electron chi connectivity index (χ2n) is 5.19. The van der Waals surface area contributed by atoms with Crippen molar-refractivity contribution in [3.63, 3.8) is 0 Å². The van der Waals surface area contributed by atoms with Crippen LogP contribution in [0.15, 0.2) is 18.2 Å². The smallest absolute Gasteiger partial charge is 0.176 e. The van der Waals surface area contributed by atoms with Crippen molar-refractivity contribution >= 4 is 5.78 Å². The Morgan fingerprint density at radius 3 is 2.95 bits per heavy atom. The lowest BCUT2D eigenvalue weighted by Crippen LogP contribution is -2.51. The van der Waals surface area contributed by atoms with Crippen LogP contribution in [0.1, 0.15) is 17.3 Å². The van der Waals surface area contributed by atoms with Crippen LogP contribution in [-0.4, -0.2) is 61.3 Å². The summed E-state index contributed by atoms with van der Waals surface area (Å²) in [4.78, 5) is 14.2. The number of hydrogen-bond acceptors (Lipinski definition) is 5. The zero-order chi connectivity index (χ0) is 15.4. The molecule has 5 nitrogen and oxygen atoms in total. The van der Waals surface area contributed by atoms with Crippen LogP contribution >= 0.6 is 0 Å². The second kappa shape index (κ2) is 6.98. The molecular weight excluding hydrogens is 277 g/mol. The molecule has 0 amide bonds. The predicted octanol–water partition coefficient (Wildman–Crippen LogP) is 1.10. The number of Topliss-reactive ketones (excluding diaryl/α,β-unsaturated/α-hetero) is 1. The van der Waals surface area contributed by atoms with Crippen molar-refractivity contribution in [3.05, 3.63) is 29.6 Å². The number of benzene rings is 1. The monoisotopic (exact) mass is 297 g/mol. The SMILES string of the molecule is COc1ccc(C(=O)CN2CC(CO)OCC2C)cc1F. The molecule has 2 atom stereocenters. The van der Waals surface area contributed by atoms with E-state index in [1.807, 2.05) is 11.8 Å². The number of morpholine rings is 1. The quantitative estimate of drug-likeness (QED) is 0.825. The van der Waals surface area contributed by atoms with Crippen molar-refractivity contribution in [3.8, 4) is 5.75 Å². The van der Waals surface area contributed by atoms with Gasteiger partial charge in [-0.15, -0.1) is 0 Å². The van der Waals surface area contributed by atoms with Crippen molar-refractivity contribution in [2.45, 2.75) is 19.1 Å². The summed E-state index contributed by atoms with van der Waals surface area (Å²) in [5.41, 5.74) is 0.313. The number of aliphatic hydroxyl groups excluding tert-OH is 1. The van der Waals surface area contributed by atoms with Crippen LogP contribution in [0.4, 0.5) is 4.39 Å². The molecular formula is C15H20FNO4. The third kappa shape index (κ3) is 3.78. The fourth-order valence-corrected chi connectivity index (χ4v) is 2.32. The first-order chi connectivity index (χ1) is 10.0. The van der Waals surface area contributed by atoms with Crippen molar-refractivity contribution in [2.24, 2.45) is 0 Å². The Labute approximate surface area is 123 Å². The number of hydrogen-bond donors (Lipinski definition) is 1. The standard InChI is InChI=1S/C15H20FNO4/c1-10-9-21-12(8-18)6-17(10)7-14(19)11-3-4-15(20-2)13(16)5-11/h3-5,10,12,18H,6-9H2,1-2H3. The number of carbonyl (C=O) groups is 1. The molecule has 2 unspecified atom stereocenters. The van der Waals surface area contributed by atoms with Gasteiger partial charge in [-0.05, 0) is 25.1 Å². The third-order valence-electron chi connectivity index (χ3n) is 3.66. The number of rotatable bonds is 5. The average molecular weight is 297 g/mol. The minimum atomic E-state index is -0.549. The maximum atomic E-state index is 13.6. The molecule has 1 aliphatic rings. The summed E-state index contributed by atoms with van der Waals surface area (Å²) in [6.07, 6.45) is -0.276. The number of ether oxygens (including phenoxy) is 2. The largest absolute Gasteiger partial charge is 0.494 e. The van der Waals surface area contributed by atoms with E-state index in [2.05, 4.69) is 0 Å². The molecule has 1 heterocycles. The van der Waals surface area contributed by atoms with Gasteiger partial charge in [0.25, 0.3) is 0 Å². The molecule has 0 bridgehead atoms. The lowest BCUT2D eigenvalue weighted by Gasteiger charge is -2.36. The van der Waals surface area contributed by atoms with E-state index in [9.17, 15) is 9.18 Å². The Bertz CT molecular complexity index is 508. The number of ketones is 1. The van der Waals surface area contributed by atoms with Crippen LogP contribution in [0.5, 0.6) is 5.75 Å². The molecule has 0 saturated carbocycles. The predicted molar refractivity (Wildman–Crippen MR) is 75.1 cm³/mol. The van der Waals surface area contributed by atoms with E-state index in [1.165, 1.54) is 19.2 Å². The Kier molecular flexibility index (Phi) is 5.27. The van der Waals surface area contributed by atoms with Crippen LogP contribution in [0, 0.1) is 5.82 Å². The van der Waals surface area contributed by atoms with Crippen LogP contribution < -0.4 is 4.74 Å². The van der Waals surface area contributed by atoms with E-state index in [4.69, 9.17) is 14.6 Å². The van der Waals surface area contributed by atoms with Crippen molar-refractivity contribution < 1.29 is 23.8 Å². The molecule has 0 radical (unpaired) electrons. The number of methoxy groups -OCH3 is 1. The molecule has 1 N–H and O–H groups in total. The summed E-state index contributed by atoms with van der Waals surface area (Å²) in [7, 11) is 1.38. The van der Waals surface area contributed by atoms with E-state index < -0.39 is 5.82 Å². The van der Waals surface area contributed by atoms with E-state index in [0.717, 1.165) is 0 Å². The Morgan fingerprint density at radius 2 is 2.33 bits per heavy atom. The van der Waals surface area contributed by atoms with Crippen LogP contribution in [-0.2, 0) is 4.74 Å². The summed E-state index contributed by atoms with van der Waals surface area (Å²) < 4.78 is 23.9. The molecule has 1 aromatic rings. The van der Waals surface area contributed by atoms with Gasteiger partial charge in [-0.3, -0.25) is 9.69 Å². The molecule has 21 heavy (non-hydrogen) atoms. The van der Waals surface area contributed by atoms with E-state index >= 15 is 0 Å². The molecule has 1 aromatic carbocycles. The molecule has 2 rings (SSSR count). The number of aliphatic hydroxyl groups is 1. The number of halogens is 1. The zero-order valence-electron chi connectivity index (χ0n) is 12.2. The highest BCUT2D eigenvalue weighted by Gasteiger charge is 2.27. The highest BCUT2D eigenvalue weighted by molar-refractivity contribution is 5.97. The summed E-state index contributed by atoms with van der Waals surface area (Å²) >= 11 is 0. The zero-order valence-corrected chi connectivity index (χ0v) is 12.2. The van der Waals surface area contributed by atoms with Gasteiger partial charge in [0.15, 0.2) is 17.3 Å². The molecule has 6 heteroatoms. The maximum absolute atomic E-state index is 13.6. The highest BCUT2D eigenvalue weighted by Crippen LogP contribution is 2.19. The van der Waals surface area contributed by atoms with E-state index in [-0.39, 0.29) is 36.8 Å². The minimum absolute atomic E-state index is 0.0748. The van der Waals surface area contributed by atoms with Crippen LogP contribution in [0.2, 0.25) is 0 Å². The average Bonchev–Trinajstić information content (AvgIpc) is 2.49. The topological polar surface area (TPSA) is 59.0 Å². The minimum Gasteiger partial charge on any atom is -0.494 e. The lowest BCUT2D eigenvalue weighted by molar-refractivity contribution is -0.0747. The normalized spacial score (nSPS) is 23.0. The highest BCUT2D eigenvalue weighted by atomic mass is 19.1. The fraction of sp³-hybridized carbons (Fsp3) is 0.533. The van der Waals surface area contributed by atoms with Crippen molar-refractivity contribution in [1.29, 1.82) is 0 Å². The van der Waals surface area contributed by atoms with Gasteiger partial charge in [-0.2, -0.15) is 0 Å². The van der Waals surface area contributed by atoms with Gasteiger partial charge in [0, 0.05) is 18.2 Å².